The molecule has 2 heterocycles. The maximum Gasteiger partial charge on any atom is 0.249 e. The molecule has 9 heteroatoms. The normalized spacial score (nSPS) is 11.4. The molecule has 0 bridgehead atoms. The number of rotatable bonds is 5. The number of aromatic nitrogens is 2. The average molecular weight is 417 g/mol. The zero-order chi connectivity index (χ0) is 20.5. The third-order valence-corrected chi connectivity index (χ3v) is 7.11. The molecule has 0 unspecified atom stereocenters. The first-order valence-corrected chi connectivity index (χ1v) is 10.8. The van der Waals surface area contributed by atoms with Gasteiger partial charge in [0.25, 0.3) is 0 Å². The number of anilines is 1. The second-order valence-electron chi connectivity index (χ2n) is 6.43. The molecule has 2 aromatic heterocycles. The maximum absolute atomic E-state index is 12.6. The van der Waals surface area contributed by atoms with Crippen LogP contribution in [-0.2, 0) is 21.2 Å². The Kier molecular flexibility index (Phi) is 5.59. The number of pyridine rings is 1. The number of primary sulfonamides is 1. The molecular weight excluding hydrogens is 396 g/mol. The zero-order valence-electron chi connectivity index (χ0n) is 15.7. The van der Waals surface area contributed by atoms with Crippen LogP contribution in [0.25, 0.3) is 11.1 Å². The number of sulfonamides is 1. The van der Waals surface area contributed by atoms with Crippen molar-refractivity contribution < 1.29 is 13.2 Å². The molecule has 146 valence electrons. The van der Waals surface area contributed by atoms with E-state index in [1.807, 2.05) is 43.5 Å². The number of nitrogens with zero attached hydrogens (tertiary/aromatic N) is 3. The van der Waals surface area contributed by atoms with E-state index in [2.05, 4.69) is 9.97 Å². The number of likely N-dealkylation sites (N-methyl/N-ethyl adjacent to an activating group) is 1. The van der Waals surface area contributed by atoms with Crippen molar-refractivity contribution in [3.63, 3.8) is 0 Å². The standard InChI is InChI=1S/C19H20N4O3S2/c1-12-8-9-21-11-16(12)15-6-4-14(5-7-15)10-17(24)23(3)19-22-13(2)18(27-19)28(20,25)26/h4-9,11H,10H2,1-3H3,(H2,20,25,26). The third kappa shape index (κ3) is 4.27. The number of carbonyl (C=O) groups is 1. The minimum Gasteiger partial charge on any atom is -0.291 e. The Bertz CT molecular complexity index is 1120. The summed E-state index contributed by atoms with van der Waals surface area (Å²) in [5.41, 5.74) is 4.35. The van der Waals surface area contributed by atoms with Crippen molar-refractivity contribution in [3.8, 4) is 11.1 Å². The van der Waals surface area contributed by atoms with Crippen molar-refractivity contribution in [3.05, 3.63) is 59.5 Å². The van der Waals surface area contributed by atoms with Gasteiger partial charge in [-0.3, -0.25) is 14.7 Å². The number of hydrogen-bond acceptors (Lipinski definition) is 6. The lowest BCUT2D eigenvalue weighted by atomic mass is 10.0. The Morgan fingerprint density at radius 1 is 1.18 bits per heavy atom. The Morgan fingerprint density at radius 2 is 1.86 bits per heavy atom. The molecule has 0 radical (unpaired) electrons. The summed E-state index contributed by atoms with van der Waals surface area (Å²) in [6.45, 7) is 3.58. The summed E-state index contributed by atoms with van der Waals surface area (Å²) in [6.07, 6.45) is 3.74. The topological polar surface area (TPSA) is 106 Å². The van der Waals surface area contributed by atoms with Crippen LogP contribution in [0.3, 0.4) is 0 Å². The lowest BCUT2D eigenvalue weighted by Crippen LogP contribution is -2.27. The SMILES string of the molecule is Cc1ccncc1-c1ccc(CC(=O)N(C)c2nc(C)c(S(N)(=O)=O)s2)cc1. The van der Waals surface area contributed by atoms with Crippen molar-refractivity contribution in [2.45, 2.75) is 24.5 Å². The van der Waals surface area contributed by atoms with Crippen molar-refractivity contribution in [2.24, 2.45) is 5.14 Å². The summed E-state index contributed by atoms with van der Waals surface area (Å²) in [5, 5.41) is 5.48. The number of thiazole rings is 1. The molecule has 0 spiro atoms. The minimum absolute atomic E-state index is 0.0293. The molecule has 0 atom stereocenters. The Hall–Kier alpha value is -2.62. The second kappa shape index (κ2) is 7.78. The van der Waals surface area contributed by atoms with Gasteiger partial charge in [-0.15, -0.1) is 0 Å². The molecule has 0 aliphatic carbocycles. The van der Waals surface area contributed by atoms with Crippen LogP contribution in [0.5, 0.6) is 0 Å². The van der Waals surface area contributed by atoms with E-state index >= 15 is 0 Å². The summed E-state index contributed by atoms with van der Waals surface area (Å²) < 4.78 is 23.1. The van der Waals surface area contributed by atoms with E-state index in [9.17, 15) is 13.2 Å². The minimum atomic E-state index is -3.85. The average Bonchev–Trinajstić information content (AvgIpc) is 3.04. The molecular formula is C19H20N4O3S2. The fourth-order valence-electron chi connectivity index (χ4n) is 2.74. The third-order valence-electron chi connectivity index (χ3n) is 4.32. The zero-order valence-corrected chi connectivity index (χ0v) is 17.3. The lowest BCUT2D eigenvalue weighted by molar-refractivity contribution is -0.117. The number of hydrogen-bond donors (Lipinski definition) is 1. The smallest absolute Gasteiger partial charge is 0.249 e. The Balaban J connectivity index is 1.75. The molecule has 0 saturated carbocycles. The van der Waals surface area contributed by atoms with E-state index in [1.165, 1.54) is 4.90 Å². The summed E-state index contributed by atoms with van der Waals surface area (Å²) >= 11 is 0.889. The van der Waals surface area contributed by atoms with Gasteiger partial charge in [-0.1, -0.05) is 35.6 Å². The van der Waals surface area contributed by atoms with Gasteiger partial charge >= 0.3 is 0 Å². The highest BCUT2D eigenvalue weighted by Crippen LogP contribution is 2.29. The fourth-order valence-corrected chi connectivity index (χ4v) is 4.67. The van der Waals surface area contributed by atoms with Crippen LogP contribution in [0.2, 0.25) is 0 Å². The molecule has 1 aromatic carbocycles. The number of aryl methyl sites for hydroxylation is 2. The van der Waals surface area contributed by atoms with Crippen molar-refractivity contribution in [1.29, 1.82) is 0 Å². The highest BCUT2D eigenvalue weighted by atomic mass is 32.2. The summed E-state index contributed by atoms with van der Waals surface area (Å²) in [6, 6.07) is 9.67. The van der Waals surface area contributed by atoms with Crippen molar-refractivity contribution >= 4 is 32.4 Å². The molecule has 7 nitrogen and oxygen atoms in total. The van der Waals surface area contributed by atoms with Crippen LogP contribution in [0.15, 0.2) is 46.9 Å². The molecule has 0 saturated heterocycles. The summed E-state index contributed by atoms with van der Waals surface area (Å²) in [5.74, 6) is -0.194. The van der Waals surface area contributed by atoms with E-state index in [-0.39, 0.29) is 16.5 Å². The van der Waals surface area contributed by atoms with Crippen LogP contribution in [0, 0.1) is 13.8 Å². The first-order chi connectivity index (χ1) is 13.2. The van der Waals surface area contributed by atoms with Gasteiger partial charge in [0, 0.05) is 25.0 Å². The number of amides is 1. The van der Waals surface area contributed by atoms with Crippen molar-refractivity contribution in [2.75, 3.05) is 11.9 Å². The van der Waals surface area contributed by atoms with Crippen LogP contribution in [-0.4, -0.2) is 31.3 Å². The maximum atomic E-state index is 12.6. The van der Waals surface area contributed by atoms with Gasteiger partial charge in [0.2, 0.25) is 15.9 Å². The van der Waals surface area contributed by atoms with E-state index in [0.29, 0.717) is 10.8 Å². The van der Waals surface area contributed by atoms with Gasteiger partial charge < -0.3 is 0 Å². The van der Waals surface area contributed by atoms with Crippen molar-refractivity contribution in [1.82, 2.24) is 9.97 Å². The first-order valence-electron chi connectivity index (χ1n) is 8.43. The van der Waals surface area contributed by atoms with Gasteiger partial charge in [0.15, 0.2) is 9.34 Å². The van der Waals surface area contributed by atoms with Crippen LogP contribution < -0.4 is 10.0 Å². The van der Waals surface area contributed by atoms with Crippen LogP contribution >= 0.6 is 11.3 Å². The summed E-state index contributed by atoms with van der Waals surface area (Å²) in [4.78, 5) is 22.3. The van der Waals surface area contributed by atoms with Gasteiger partial charge in [0.05, 0.1) is 12.1 Å². The summed E-state index contributed by atoms with van der Waals surface area (Å²) in [7, 11) is -2.28. The van der Waals surface area contributed by atoms with E-state index < -0.39 is 10.0 Å². The Labute approximate surface area is 167 Å². The van der Waals surface area contributed by atoms with Crippen LogP contribution in [0.1, 0.15) is 16.8 Å². The van der Waals surface area contributed by atoms with E-state index in [0.717, 1.165) is 33.6 Å². The monoisotopic (exact) mass is 416 g/mol. The van der Waals surface area contributed by atoms with E-state index in [1.54, 1.807) is 20.2 Å². The number of carbonyl (C=O) groups excluding carboxylic acids is 1. The fraction of sp³-hybridized carbons (Fsp3) is 0.211. The number of nitrogens with two attached hydrogens (primary N) is 1. The molecule has 0 fully saturated rings. The lowest BCUT2D eigenvalue weighted by Gasteiger charge is -2.14. The van der Waals surface area contributed by atoms with Crippen LogP contribution in [0.4, 0.5) is 5.13 Å². The van der Waals surface area contributed by atoms with Gasteiger partial charge in [-0.05, 0) is 36.6 Å². The predicted molar refractivity (Wildman–Crippen MR) is 110 cm³/mol. The molecule has 3 rings (SSSR count). The number of benzene rings is 1. The molecule has 2 N–H and O–H groups in total. The van der Waals surface area contributed by atoms with Gasteiger partial charge in [0.1, 0.15) is 0 Å². The largest absolute Gasteiger partial charge is 0.291 e. The highest BCUT2D eigenvalue weighted by molar-refractivity contribution is 7.91. The quantitative estimate of drug-likeness (QED) is 0.688. The molecule has 0 aliphatic heterocycles. The highest BCUT2D eigenvalue weighted by Gasteiger charge is 2.22. The van der Waals surface area contributed by atoms with Gasteiger partial charge in [-0.2, -0.15) is 0 Å². The Morgan fingerprint density at radius 3 is 2.43 bits per heavy atom. The second-order valence-corrected chi connectivity index (χ2v) is 9.17. The predicted octanol–water partition coefficient (Wildman–Crippen LogP) is 2.67. The molecule has 0 aliphatic rings. The first kappa shape index (κ1) is 20.1. The molecule has 28 heavy (non-hydrogen) atoms. The molecule has 3 aromatic rings. The van der Waals surface area contributed by atoms with Gasteiger partial charge in [-0.25, -0.2) is 18.5 Å². The van der Waals surface area contributed by atoms with E-state index in [4.69, 9.17) is 5.14 Å². The molecule has 1 amide bonds.